The molecule has 0 saturated heterocycles. The fraction of sp³-hybridized carbons (Fsp3) is 0.269. The lowest BCUT2D eigenvalue weighted by Crippen LogP contribution is -2.19. The highest BCUT2D eigenvalue weighted by Crippen LogP contribution is 2.42. The SMILES string of the molecule is COc1cc(Cl)c(-n2c(=O)[nH]c3c(C)cc(C(=O)O)nc32)cc1S(=O)(=O)C1CCCCc2ccccc21. The van der Waals surface area contributed by atoms with E-state index in [1.807, 2.05) is 24.3 Å². The number of rotatable bonds is 5. The standard InChI is InChI=1S/C26H24ClN3O6S/c1-14-11-18(25(31)32)28-24-23(14)29-26(33)30(24)19-13-22(20(36-2)12-17(19)27)37(34,35)21-10-6-4-8-15-7-3-5-9-16(15)21/h3,5,7,9,11-13,21H,4,6,8,10H2,1-2H3,(H,29,33)(H,31,32). The minimum Gasteiger partial charge on any atom is -0.495 e. The topological polar surface area (TPSA) is 131 Å². The van der Waals surface area contributed by atoms with Crippen LogP contribution in [-0.2, 0) is 16.3 Å². The van der Waals surface area contributed by atoms with Crippen molar-refractivity contribution in [3.8, 4) is 11.4 Å². The third kappa shape index (κ3) is 4.19. The summed E-state index contributed by atoms with van der Waals surface area (Å²) in [4.78, 5) is 31.3. The van der Waals surface area contributed by atoms with Crippen molar-refractivity contribution in [2.24, 2.45) is 0 Å². The Morgan fingerprint density at radius 3 is 2.70 bits per heavy atom. The molecule has 0 spiro atoms. The molecule has 0 saturated carbocycles. The van der Waals surface area contributed by atoms with Gasteiger partial charge in [-0.3, -0.25) is 0 Å². The summed E-state index contributed by atoms with van der Waals surface area (Å²) in [6.45, 7) is 1.64. The maximum atomic E-state index is 14.2. The second-order valence-electron chi connectivity index (χ2n) is 9.03. The summed E-state index contributed by atoms with van der Waals surface area (Å²) in [7, 11) is -2.64. The van der Waals surface area contributed by atoms with Gasteiger partial charge in [0.1, 0.15) is 10.6 Å². The third-order valence-electron chi connectivity index (χ3n) is 6.78. The van der Waals surface area contributed by atoms with Gasteiger partial charge in [0.2, 0.25) is 0 Å². The van der Waals surface area contributed by atoms with Crippen molar-refractivity contribution in [1.82, 2.24) is 14.5 Å². The first kappa shape index (κ1) is 25.0. The van der Waals surface area contributed by atoms with Crippen molar-refractivity contribution in [2.75, 3.05) is 7.11 Å². The average Bonchev–Trinajstić information content (AvgIpc) is 3.05. The molecule has 5 rings (SSSR count). The van der Waals surface area contributed by atoms with Crippen molar-refractivity contribution in [3.05, 3.63) is 80.4 Å². The molecule has 0 aliphatic heterocycles. The zero-order valence-corrected chi connectivity index (χ0v) is 21.7. The van der Waals surface area contributed by atoms with Crippen LogP contribution in [0.25, 0.3) is 16.9 Å². The zero-order valence-electron chi connectivity index (χ0n) is 20.1. The van der Waals surface area contributed by atoms with Gasteiger partial charge in [-0.05, 0) is 55.0 Å². The van der Waals surface area contributed by atoms with E-state index in [2.05, 4.69) is 9.97 Å². The van der Waals surface area contributed by atoms with Crippen molar-refractivity contribution in [1.29, 1.82) is 0 Å². The number of sulfone groups is 1. The molecule has 1 unspecified atom stereocenters. The minimum atomic E-state index is -3.99. The number of carbonyl (C=O) groups is 1. The van der Waals surface area contributed by atoms with Crippen LogP contribution in [0.3, 0.4) is 0 Å². The number of aromatic amines is 1. The predicted octanol–water partition coefficient (Wildman–Crippen LogP) is 4.62. The van der Waals surface area contributed by atoms with Gasteiger partial charge in [-0.1, -0.05) is 42.3 Å². The van der Waals surface area contributed by atoms with E-state index in [1.54, 1.807) is 6.92 Å². The lowest BCUT2D eigenvalue weighted by atomic mass is 10.0. The molecule has 37 heavy (non-hydrogen) atoms. The molecular formula is C26H24ClN3O6S. The number of aromatic nitrogens is 3. The Morgan fingerprint density at radius 2 is 1.97 bits per heavy atom. The molecule has 11 heteroatoms. The van der Waals surface area contributed by atoms with Crippen molar-refractivity contribution in [2.45, 2.75) is 42.8 Å². The van der Waals surface area contributed by atoms with Gasteiger partial charge in [0.15, 0.2) is 21.2 Å². The summed E-state index contributed by atoms with van der Waals surface area (Å²) in [5, 5.41) is 8.72. The number of imidazole rings is 1. The minimum absolute atomic E-state index is 0.0256. The summed E-state index contributed by atoms with van der Waals surface area (Å²) in [6.07, 6.45) is 2.86. The van der Waals surface area contributed by atoms with Crippen LogP contribution < -0.4 is 10.4 Å². The van der Waals surface area contributed by atoms with Crippen LogP contribution in [-0.4, -0.2) is 41.1 Å². The maximum Gasteiger partial charge on any atom is 0.354 e. The van der Waals surface area contributed by atoms with Gasteiger partial charge >= 0.3 is 11.7 Å². The Hall–Kier alpha value is -3.63. The summed E-state index contributed by atoms with van der Waals surface area (Å²) in [5.74, 6) is -1.21. The van der Waals surface area contributed by atoms with Crippen molar-refractivity contribution < 1.29 is 23.1 Å². The van der Waals surface area contributed by atoms with E-state index >= 15 is 0 Å². The highest BCUT2D eigenvalue weighted by Gasteiger charge is 2.35. The number of ether oxygens (including phenoxy) is 1. The Labute approximate surface area is 217 Å². The monoisotopic (exact) mass is 541 g/mol. The zero-order chi connectivity index (χ0) is 26.5. The van der Waals surface area contributed by atoms with Crippen molar-refractivity contribution >= 4 is 38.6 Å². The number of aromatic carboxylic acids is 1. The van der Waals surface area contributed by atoms with E-state index in [9.17, 15) is 23.1 Å². The number of nitrogens with zero attached hydrogens (tertiary/aromatic N) is 2. The van der Waals surface area contributed by atoms with Crippen LogP contribution in [0.5, 0.6) is 5.75 Å². The van der Waals surface area contributed by atoms with Gasteiger partial charge in [0.05, 0.1) is 28.6 Å². The molecule has 9 nitrogen and oxygen atoms in total. The molecule has 192 valence electrons. The fourth-order valence-corrected chi connectivity index (χ4v) is 7.28. The number of hydrogen-bond acceptors (Lipinski definition) is 6. The predicted molar refractivity (Wildman–Crippen MR) is 139 cm³/mol. The van der Waals surface area contributed by atoms with Crippen LogP contribution in [0.2, 0.25) is 5.02 Å². The van der Waals surface area contributed by atoms with Crippen LogP contribution in [0, 0.1) is 6.92 Å². The van der Waals surface area contributed by atoms with Gasteiger partial charge in [0.25, 0.3) is 0 Å². The average molecular weight is 542 g/mol. The van der Waals surface area contributed by atoms with Gasteiger partial charge < -0.3 is 14.8 Å². The van der Waals surface area contributed by atoms with E-state index in [4.69, 9.17) is 16.3 Å². The normalized spacial score (nSPS) is 15.8. The fourth-order valence-electron chi connectivity index (χ4n) is 4.99. The summed E-state index contributed by atoms with van der Waals surface area (Å²) < 4.78 is 34.8. The first-order valence-electron chi connectivity index (χ1n) is 11.7. The van der Waals surface area contributed by atoms with E-state index in [1.165, 1.54) is 25.3 Å². The number of nitrogens with one attached hydrogen (secondary N) is 1. The molecule has 0 bridgehead atoms. The van der Waals surface area contributed by atoms with E-state index < -0.39 is 26.7 Å². The number of pyridine rings is 1. The summed E-state index contributed by atoms with van der Waals surface area (Å²) in [5.41, 5.74) is 1.75. The molecule has 2 heterocycles. The smallest absolute Gasteiger partial charge is 0.354 e. The molecule has 2 aromatic carbocycles. The quantitative estimate of drug-likeness (QED) is 0.352. The summed E-state index contributed by atoms with van der Waals surface area (Å²) >= 11 is 6.54. The lowest BCUT2D eigenvalue weighted by Gasteiger charge is -2.21. The van der Waals surface area contributed by atoms with E-state index in [0.29, 0.717) is 17.5 Å². The molecule has 0 radical (unpaired) electrons. The number of H-pyrrole nitrogens is 1. The first-order chi connectivity index (χ1) is 17.6. The number of benzene rings is 2. The Kier molecular flexibility index (Phi) is 6.33. The number of fused-ring (bicyclic) bond motifs is 2. The van der Waals surface area contributed by atoms with Crippen LogP contribution in [0.1, 0.15) is 51.7 Å². The number of hydrogen-bond donors (Lipinski definition) is 2. The highest BCUT2D eigenvalue weighted by atomic mass is 35.5. The Morgan fingerprint density at radius 1 is 1.22 bits per heavy atom. The van der Waals surface area contributed by atoms with Gasteiger partial charge in [0, 0.05) is 6.07 Å². The molecular weight excluding hydrogens is 518 g/mol. The molecule has 2 N–H and O–H groups in total. The largest absolute Gasteiger partial charge is 0.495 e. The van der Waals surface area contributed by atoms with Gasteiger partial charge in [-0.2, -0.15) is 0 Å². The molecule has 2 aromatic heterocycles. The van der Waals surface area contributed by atoms with Gasteiger partial charge in [-0.25, -0.2) is 27.6 Å². The Balaban J connectivity index is 1.76. The molecule has 0 fully saturated rings. The highest BCUT2D eigenvalue weighted by molar-refractivity contribution is 7.91. The number of methoxy groups -OCH3 is 1. The van der Waals surface area contributed by atoms with E-state index in [-0.39, 0.29) is 32.7 Å². The van der Waals surface area contributed by atoms with Gasteiger partial charge in [-0.15, -0.1) is 0 Å². The Bertz CT molecular complexity index is 1720. The second kappa shape index (κ2) is 9.35. The van der Waals surface area contributed by atoms with Crippen molar-refractivity contribution in [3.63, 3.8) is 0 Å². The molecule has 1 atom stereocenters. The third-order valence-corrected chi connectivity index (χ3v) is 9.26. The maximum absolute atomic E-state index is 14.2. The molecule has 0 amide bonds. The summed E-state index contributed by atoms with van der Waals surface area (Å²) in [6, 6.07) is 11.5. The van der Waals surface area contributed by atoms with E-state index in [0.717, 1.165) is 35.0 Å². The molecule has 4 aromatic rings. The number of halogens is 1. The number of aryl methyl sites for hydroxylation is 2. The molecule has 1 aliphatic carbocycles. The van der Waals surface area contributed by atoms with Crippen LogP contribution >= 0.6 is 11.6 Å². The lowest BCUT2D eigenvalue weighted by molar-refractivity contribution is 0.0690. The number of carboxylic acids is 1. The van der Waals surface area contributed by atoms with Crippen LogP contribution in [0.4, 0.5) is 0 Å². The first-order valence-corrected chi connectivity index (χ1v) is 13.6. The van der Waals surface area contributed by atoms with Crippen LogP contribution in [0.15, 0.2) is 52.2 Å². The number of carboxylic acid groups (broad SMARTS) is 1. The second-order valence-corrected chi connectivity index (χ2v) is 11.5. The molecule has 1 aliphatic rings.